The van der Waals surface area contributed by atoms with Gasteiger partial charge >= 0.3 is 4.87 Å². The molecule has 0 spiro atoms. The number of amides is 1. The minimum Gasteiger partial charge on any atom is -0.349 e. The van der Waals surface area contributed by atoms with E-state index < -0.39 is 0 Å². The van der Waals surface area contributed by atoms with Crippen LogP contribution in [-0.4, -0.2) is 10.5 Å². The molecule has 118 valence electrons. The second kappa shape index (κ2) is 7.40. The van der Waals surface area contributed by atoms with Crippen LogP contribution in [0.5, 0.6) is 0 Å². The van der Waals surface area contributed by atoms with Gasteiger partial charge < -0.3 is 9.88 Å². The normalized spacial score (nSPS) is 12.4. The van der Waals surface area contributed by atoms with Gasteiger partial charge in [-0.2, -0.15) is 0 Å². The van der Waals surface area contributed by atoms with Crippen LogP contribution in [-0.2, 0) is 11.3 Å². The van der Waals surface area contributed by atoms with Crippen LogP contribution >= 0.6 is 11.3 Å². The van der Waals surface area contributed by atoms with Crippen molar-refractivity contribution >= 4 is 17.2 Å². The minimum atomic E-state index is -0.0277. The Morgan fingerprint density at radius 2 is 1.95 bits per heavy atom. The van der Waals surface area contributed by atoms with E-state index >= 15 is 0 Å². The van der Waals surface area contributed by atoms with Gasteiger partial charge in [0.25, 0.3) is 0 Å². The molecule has 5 heteroatoms. The Hall–Kier alpha value is -1.88. The summed E-state index contributed by atoms with van der Waals surface area (Å²) < 4.78 is 1.65. The lowest BCUT2D eigenvalue weighted by atomic mass is 9.96. The summed E-state index contributed by atoms with van der Waals surface area (Å²) in [5, 5.41) is 4.90. The molecule has 1 amide bonds. The van der Waals surface area contributed by atoms with Crippen molar-refractivity contribution in [3.63, 3.8) is 0 Å². The van der Waals surface area contributed by atoms with E-state index in [9.17, 15) is 9.59 Å². The number of nitrogens with one attached hydrogen (secondary N) is 1. The van der Waals surface area contributed by atoms with Crippen molar-refractivity contribution in [1.82, 2.24) is 9.88 Å². The maximum absolute atomic E-state index is 12.2. The molecule has 1 aromatic heterocycles. The van der Waals surface area contributed by atoms with Gasteiger partial charge in [0.2, 0.25) is 5.91 Å². The summed E-state index contributed by atoms with van der Waals surface area (Å²) in [6.45, 7) is 6.49. The lowest BCUT2D eigenvalue weighted by Gasteiger charge is -2.23. The highest BCUT2D eigenvalue weighted by Crippen LogP contribution is 2.21. The van der Waals surface area contributed by atoms with Crippen LogP contribution in [0.4, 0.5) is 0 Å². The van der Waals surface area contributed by atoms with Gasteiger partial charge in [0.1, 0.15) is 0 Å². The molecule has 4 nitrogen and oxygen atoms in total. The molecule has 0 aliphatic carbocycles. The number of hydrogen-bond acceptors (Lipinski definition) is 3. The van der Waals surface area contributed by atoms with Crippen molar-refractivity contribution in [2.24, 2.45) is 5.92 Å². The summed E-state index contributed by atoms with van der Waals surface area (Å²) in [5.74, 6) is 0.275. The third-order valence-electron chi connectivity index (χ3n) is 3.68. The molecule has 1 heterocycles. The van der Waals surface area contributed by atoms with Crippen molar-refractivity contribution < 1.29 is 4.79 Å². The standard InChI is InChI=1S/C17H22N2O2S/c1-12(2)16(14-7-5-4-6-8-14)18-15(20)9-10-19-13(3)11-22-17(19)21/h4-8,11-12,16H,9-10H2,1-3H3,(H,18,20). The zero-order valence-electron chi connectivity index (χ0n) is 13.2. The summed E-state index contributed by atoms with van der Waals surface area (Å²) >= 11 is 1.17. The fraction of sp³-hybridized carbons (Fsp3) is 0.412. The first-order valence-electron chi connectivity index (χ1n) is 7.48. The molecule has 0 saturated heterocycles. The second-order valence-electron chi connectivity index (χ2n) is 5.74. The minimum absolute atomic E-state index is 0.00556. The fourth-order valence-corrected chi connectivity index (χ4v) is 3.19. The van der Waals surface area contributed by atoms with Gasteiger partial charge in [-0.15, -0.1) is 0 Å². The molecule has 0 saturated carbocycles. The van der Waals surface area contributed by atoms with Gasteiger partial charge in [0.15, 0.2) is 0 Å². The second-order valence-corrected chi connectivity index (χ2v) is 6.57. The Labute approximate surface area is 134 Å². The molecule has 1 N–H and O–H groups in total. The first kappa shape index (κ1) is 16.5. The molecular formula is C17H22N2O2S. The van der Waals surface area contributed by atoms with Gasteiger partial charge in [0, 0.05) is 24.0 Å². The van der Waals surface area contributed by atoms with Crippen molar-refractivity contribution in [3.05, 3.63) is 56.6 Å². The molecule has 0 bridgehead atoms. The van der Waals surface area contributed by atoms with Crippen molar-refractivity contribution in [1.29, 1.82) is 0 Å². The largest absolute Gasteiger partial charge is 0.349 e. The van der Waals surface area contributed by atoms with Crippen molar-refractivity contribution in [3.8, 4) is 0 Å². The monoisotopic (exact) mass is 318 g/mol. The van der Waals surface area contributed by atoms with Crippen LogP contribution < -0.4 is 10.2 Å². The molecule has 0 aliphatic heterocycles. The van der Waals surface area contributed by atoms with Crippen LogP contribution in [0.1, 0.15) is 37.6 Å². The quantitative estimate of drug-likeness (QED) is 0.889. The topological polar surface area (TPSA) is 51.1 Å². The van der Waals surface area contributed by atoms with Gasteiger partial charge in [0.05, 0.1) is 6.04 Å². The van der Waals surface area contributed by atoms with E-state index in [-0.39, 0.29) is 16.8 Å². The third kappa shape index (κ3) is 4.07. The first-order valence-corrected chi connectivity index (χ1v) is 8.36. The Bertz CT molecular complexity index is 673. The third-order valence-corrected chi connectivity index (χ3v) is 4.56. The highest BCUT2D eigenvalue weighted by molar-refractivity contribution is 7.07. The predicted molar refractivity (Wildman–Crippen MR) is 90.1 cm³/mol. The molecule has 1 atom stereocenters. The molecule has 0 radical (unpaired) electrons. The number of hydrogen-bond donors (Lipinski definition) is 1. The Morgan fingerprint density at radius 1 is 1.27 bits per heavy atom. The van der Waals surface area contributed by atoms with Gasteiger partial charge in [-0.1, -0.05) is 55.5 Å². The summed E-state index contributed by atoms with van der Waals surface area (Å²) in [6, 6.07) is 9.97. The van der Waals surface area contributed by atoms with E-state index in [2.05, 4.69) is 19.2 Å². The number of thiazole rings is 1. The van der Waals surface area contributed by atoms with E-state index in [4.69, 9.17) is 0 Å². The van der Waals surface area contributed by atoms with Gasteiger partial charge in [-0.25, -0.2) is 0 Å². The van der Waals surface area contributed by atoms with Crippen LogP contribution in [0, 0.1) is 12.8 Å². The number of nitrogens with zero attached hydrogens (tertiary/aromatic N) is 1. The number of aryl methyl sites for hydroxylation is 1. The Balaban J connectivity index is 1.99. The SMILES string of the molecule is Cc1csc(=O)n1CCC(=O)NC(c1ccccc1)C(C)C. The van der Waals surface area contributed by atoms with E-state index in [0.29, 0.717) is 18.9 Å². The Morgan fingerprint density at radius 3 is 2.50 bits per heavy atom. The van der Waals surface area contributed by atoms with E-state index in [1.165, 1.54) is 11.3 Å². The lowest BCUT2D eigenvalue weighted by molar-refractivity contribution is -0.122. The molecular weight excluding hydrogens is 296 g/mol. The molecule has 22 heavy (non-hydrogen) atoms. The average Bonchev–Trinajstić information content (AvgIpc) is 2.82. The van der Waals surface area contributed by atoms with Crippen molar-refractivity contribution in [2.75, 3.05) is 0 Å². The lowest BCUT2D eigenvalue weighted by Crippen LogP contribution is -2.32. The van der Waals surface area contributed by atoms with Crippen LogP contribution in [0.25, 0.3) is 0 Å². The van der Waals surface area contributed by atoms with Crippen LogP contribution in [0.3, 0.4) is 0 Å². The number of benzene rings is 1. The van der Waals surface area contributed by atoms with Crippen LogP contribution in [0.2, 0.25) is 0 Å². The molecule has 0 aliphatic rings. The summed E-state index contributed by atoms with van der Waals surface area (Å²) in [7, 11) is 0. The maximum Gasteiger partial charge on any atom is 0.307 e. The summed E-state index contributed by atoms with van der Waals surface area (Å²) in [5.41, 5.74) is 2.01. The molecule has 1 unspecified atom stereocenters. The van der Waals surface area contributed by atoms with Gasteiger partial charge in [-0.3, -0.25) is 9.59 Å². The highest BCUT2D eigenvalue weighted by Gasteiger charge is 2.18. The molecule has 1 aromatic carbocycles. The number of rotatable bonds is 6. The molecule has 2 rings (SSSR count). The summed E-state index contributed by atoms with van der Waals surface area (Å²) in [4.78, 5) is 23.9. The average molecular weight is 318 g/mol. The molecule has 0 fully saturated rings. The zero-order chi connectivity index (χ0) is 16.1. The number of aromatic nitrogens is 1. The van der Waals surface area contributed by atoms with Crippen LogP contribution in [0.15, 0.2) is 40.5 Å². The number of carbonyl (C=O) groups is 1. The smallest absolute Gasteiger partial charge is 0.307 e. The maximum atomic E-state index is 12.2. The van der Waals surface area contributed by atoms with E-state index in [1.54, 1.807) is 4.57 Å². The highest BCUT2D eigenvalue weighted by atomic mass is 32.1. The predicted octanol–water partition coefficient (Wildman–Crippen LogP) is 3.12. The van der Waals surface area contributed by atoms with E-state index in [1.807, 2.05) is 42.6 Å². The zero-order valence-corrected chi connectivity index (χ0v) is 14.0. The van der Waals surface area contributed by atoms with Gasteiger partial charge in [-0.05, 0) is 18.4 Å². The summed E-state index contributed by atoms with van der Waals surface area (Å²) in [6.07, 6.45) is 0.313. The first-order chi connectivity index (χ1) is 10.5. The van der Waals surface area contributed by atoms with Crippen molar-refractivity contribution in [2.45, 2.75) is 39.8 Å². The Kier molecular flexibility index (Phi) is 5.55. The fourth-order valence-electron chi connectivity index (χ4n) is 2.43. The number of carbonyl (C=O) groups excluding carboxylic acids is 1. The molecule has 2 aromatic rings. The van der Waals surface area contributed by atoms with E-state index in [0.717, 1.165) is 11.3 Å².